The first-order valence-electron chi connectivity index (χ1n) is 4.59. The minimum Gasteiger partial charge on any atom is -0.371 e. The molecule has 0 unspecified atom stereocenters. The van der Waals surface area contributed by atoms with Gasteiger partial charge in [-0.2, -0.15) is 13.2 Å². The van der Waals surface area contributed by atoms with E-state index in [-0.39, 0.29) is 5.56 Å². The van der Waals surface area contributed by atoms with Crippen LogP contribution in [0.15, 0.2) is 18.2 Å². The van der Waals surface area contributed by atoms with Crippen molar-refractivity contribution >= 4 is 17.3 Å². The molecule has 0 spiro atoms. The second kappa shape index (κ2) is 4.90. The number of nitrogens with two attached hydrogens (primary N) is 1. The van der Waals surface area contributed by atoms with Crippen molar-refractivity contribution < 1.29 is 22.9 Å². The number of amides is 1. The topological polar surface area (TPSA) is 98.3 Å². The molecule has 98 valence electrons. The maximum Gasteiger partial charge on any atom is 0.405 e. The Morgan fingerprint density at radius 3 is 2.50 bits per heavy atom. The van der Waals surface area contributed by atoms with Gasteiger partial charge < -0.3 is 11.1 Å². The highest BCUT2D eigenvalue weighted by Gasteiger charge is 2.28. The predicted molar refractivity (Wildman–Crippen MR) is 56.2 cm³/mol. The fourth-order valence-electron chi connectivity index (χ4n) is 1.19. The number of halogens is 3. The lowest BCUT2D eigenvalue weighted by Gasteiger charge is -2.10. The van der Waals surface area contributed by atoms with E-state index in [1.165, 1.54) is 0 Å². The molecule has 0 aliphatic rings. The molecular formula is C9H8F3N3O3. The molecule has 0 atom stereocenters. The molecule has 1 aromatic carbocycles. The lowest BCUT2D eigenvalue weighted by molar-refractivity contribution is -0.384. The zero-order valence-electron chi connectivity index (χ0n) is 8.82. The number of anilines is 1. The number of hydrogen-bond donors (Lipinski definition) is 2. The lowest BCUT2D eigenvalue weighted by Crippen LogP contribution is -2.22. The molecular weight excluding hydrogens is 255 g/mol. The number of alkyl halides is 3. The smallest absolute Gasteiger partial charge is 0.371 e. The maximum absolute atomic E-state index is 12.0. The molecule has 1 amide bonds. The van der Waals surface area contributed by atoms with Gasteiger partial charge in [0.15, 0.2) is 0 Å². The third kappa shape index (κ3) is 3.61. The molecule has 0 aliphatic carbocycles. The molecule has 6 nitrogen and oxygen atoms in total. The Labute approximate surface area is 98.7 Å². The molecule has 3 N–H and O–H groups in total. The predicted octanol–water partition coefficient (Wildman–Crippen LogP) is 1.67. The number of nitro groups is 1. The summed E-state index contributed by atoms with van der Waals surface area (Å²) in [6.07, 6.45) is -4.53. The van der Waals surface area contributed by atoms with E-state index in [4.69, 9.17) is 5.73 Å². The van der Waals surface area contributed by atoms with E-state index >= 15 is 0 Å². The van der Waals surface area contributed by atoms with E-state index in [1.54, 1.807) is 0 Å². The summed E-state index contributed by atoms with van der Waals surface area (Å²) in [4.78, 5) is 20.6. The zero-order chi connectivity index (χ0) is 13.9. The largest absolute Gasteiger partial charge is 0.405 e. The number of nitrogens with one attached hydrogen (secondary N) is 1. The van der Waals surface area contributed by atoms with E-state index in [0.717, 1.165) is 18.2 Å². The highest BCUT2D eigenvalue weighted by atomic mass is 19.4. The van der Waals surface area contributed by atoms with Crippen molar-refractivity contribution in [3.05, 3.63) is 33.9 Å². The molecule has 18 heavy (non-hydrogen) atoms. The van der Waals surface area contributed by atoms with Crippen LogP contribution in [0.5, 0.6) is 0 Å². The summed E-state index contributed by atoms with van der Waals surface area (Å²) in [6, 6.07) is 2.89. The summed E-state index contributed by atoms with van der Waals surface area (Å²) < 4.78 is 36.0. The highest BCUT2D eigenvalue weighted by molar-refractivity contribution is 5.94. The van der Waals surface area contributed by atoms with E-state index in [9.17, 15) is 28.1 Å². The number of rotatable bonds is 4. The van der Waals surface area contributed by atoms with E-state index in [0.29, 0.717) is 0 Å². The van der Waals surface area contributed by atoms with Crippen molar-refractivity contribution in [3.63, 3.8) is 0 Å². The Balaban J connectivity index is 3.08. The van der Waals surface area contributed by atoms with Crippen LogP contribution in [0.1, 0.15) is 10.4 Å². The van der Waals surface area contributed by atoms with Gasteiger partial charge >= 0.3 is 6.18 Å². The van der Waals surface area contributed by atoms with Gasteiger partial charge in [0.1, 0.15) is 12.2 Å². The van der Waals surface area contributed by atoms with Crippen LogP contribution in [0.2, 0.25) is 0 Å². The number of carbonyl (C=O) groups is 1. The number of nitrogens with zero attached hydrogens (tertiary/aromatic N) is 1. The molecule has 0 saturated carbocycles. The normalized spacial score (nSPS) is 11.1. The summed E-state index contributed by atoms with van der Waals surface area (Å²) in [5.41, 5.74) is 3.84. The second-order valence-electron chi connectivity index (χ2n) is 3.32. The van der Waals surface area contributed by atoms with Crippen LogP contribution in [0.3, 0.4) is 0 Å². The average Bonchev–Trinajstić information content (AvgIpc) is 2.24. The number of carbonyl (C=O) groups excluding carboxylic acids is 1. The van der Waals surface area contributed by atoms with Crippen LogP contribution < -0.4 is 11.1 Å². The van der Waals surface area contributed by atoms with Crippen LogP contribution >= 0.6 is 0 Å². The first kappa shape index (κ1) is 13.7. The first-order valence-corrected chi connectivity index (χ1v) is 4.59. The number of hydrogen-bond acceptors (Lipinski definition) is 4. The van der Waals surface area contributed by atoms with Crippen LogP contribution in [0.25, 0.3) is 0 Å². The van der Waals surface area contributed by atoms with Gasteiger partial charge in [-0.1, -0.05) is 0 Å². The Hall–Kier alpha value is -2.32. The van der Waals surface area contributed by atoms with E-state index in [1.807, 2.05) is 5.32 Å². The van der Waals surface area contributed by atoms with Crippen molar-refractivity contribution in [2.45, 2.75) is 6.18 Å². The number of benzene rings is 1. The van der Waals surface area contributed by atoms with Gasteiger partial charge in [-0.15, -0.1) is 0 Å². The van der Waals surface area contributed by atoms with Crippen molar-refractivity contribution in [1.82, 2.24) is 0 Å². The third-order valence-corrected chi connectivity index (χ3v) is 1.96. The summed E-state index contributed by atoms with van der Waals surface area (Å²) in [6.45, 7) is -1.45. The van der Waals surface area contributed by atoms with Gasteiger partial charge in [0.05, 0.1) is 4.92 Å². The van der Waals surface area contributed by atoms with Crippen LogP contribution in [0.4, 0.5) is 24.5 Å². The van der Waals surface area contributed by atoms with Crippen molar-refractivity contribution in [2.75, 3.05) is 11.9 Å². The van der Waals surface area contributed by atoms with Crippen molar-refractivity contribution in [3.8, 4) is 0 Å². The van der Waals surface area contributed by atoms with Crippen LogP contribution in [0, 0.1) is 10.1 Å². The fraction of sp³-hybridized carbons (Fsp3) is 0.222. The monoisotopic (exact) mass is 263 g/mol. The SMILES string of the molecule is NC(=O)c1ccc([N+](=O)[O-])c(NCC(F)(F)F)c1. The summed E-state index contributed by atoms with van der Waals surface area (Å²) in [7, 11) is 0. The summed E-state index contributed by atoms with van der Waals surface area (Å²) in [5.74, 6) is -0.889. The van der Waals surface area contributed by atoms with Gasteiger partial charge in [-0.05, 0) is 12.1 Å². The molecule has 0 aromatic heterocycles. The molecule has 0 heterocycles. The number of primary amides is 1. The fourth-order valence-corrected chi connectivity index (χ4v) is 1.19. The van der Waals surface area contributed by atoms with Crippen molar-refractivity contribution in [1.29, 1.82) is 0 Å². The number of nitro benzene ring substituents is 1. The summed E-state index contributed by atoms with van der Waals surface area (Å²) in [5, 5.41) is 12.5. The Morgan fingerprint density at radius 1 is 1.44 bits per heavy atom. The third-order valence-electron chi connectivity index (χ3n) is 1.96. The standard InChI is InChI=1S/C9H8F3N3O3/c10-9(11,12)4-14-6-3-5(8(13)16)1-2-7(6)15(17)18/h1-3,14H,4H2,(H2,13,16). The quantitative estimate of drug-likeness (QED) is 0.637. The van der Waals surface area contributed by atoms with Gasteiger partial charge in [0.2, 0.25) is 5.91 Å². The highest BCUT2D eigenvalue weighted by Crippen LogP contribution is 2.27. The Morgan fingerprint density at radius 2 is 2.06 bits per heavy atom. The second-order valence-corrected chi connectivity index (χ2v) is 3.32. The van der Waals surface area contributed by atoms with Crippen LogP contribution in [-0.4, -0.2) is 23.6 Å². The van der Waals surface area contributed by atoms with Gasteiger partial charge in [-0.25, -0.2) is 0 Å². The average molecular weight is 263 g/mol. The summed E-state index contributed by atoms with van der Waals surface area (Å²) >= 11 is 0. The van der Waals surface area contributed by atoms with Gasteiger partial charge in [0, 0.05) is 11.6 Å². The zero-order valence-corrected chi connectivity index (χ0v) is 8.82. The van der Waals surface area contributed by atoms with Gasteiger partial charge in [-0.3, -0.25) is 14.9 Å². The van der Waals surface area contributed by atoms with E-state index < -0.39 is 34.9 Å². The molecule has 1 rings (SSSR count). The lowest BCUT2D eigenvalue weighted by atomic mass is 10.1. The molecule has 0 fully saturated rings. The van der Waals surface area contributed by atoms with Crippen LogP contribution in [-0.2, 0) is 0 Å². The van der Waals surface area contributed by atoms with Crippen molar-refractivity contribution in [2.24, 2.45) is 5.73 Å². The van der Waals surface area contributed by atoms with E-state index in [2.05, 4.69) is 0 Å². The Kier molecular flexibility index (Phi) is 3.74. The first-order chi connectivity index (χ1) is 8.20. The maximum atomic E-state index is 12.0. The molecule has 1 aromatic rings. The molecule has 0 bridgehead atoms. The minimum atomic E-state index is -4.53. The molecule has 9 heteroatoms. The molecule has 0 aliphatic heterocycles. The Bertz CT molecular complexity index is 488. The molecule has 0 radical (unpaired) electrons. The van der Waals surface area contributed by atoms with Gasteiger partial charge in [0.25, 0.3) is 5.69 Å². The minimum absolute atomic E-state index is 0.120. The molecule has 0 saturated heterocycles.